The second-order valence-electron chi connectivity index (χ2n) is 2.30. The van der Waals surface area contributed by atoms with E-state index >= 15 is 0 Å². The number of imidazole rings is 1. The van der Waals surface area contributed by atoms with Crippen LogP contribution in [-0.2, 0) is 1.43 Å². The van der Waals surface area contributed by atoms with Gasteiger partial charge in [-0.2, -0.15) is 0 Å². The van der Waals surface area contributed by atoms with Crippen molar-refractivity contribution in [2.75, 3.05) is 0 Å². The van der Waals surface area contributed by atoms with Gasteiger partial charge in [0.25, 0.3) is 0 Å². The molecule has 0 radical (unpaired) electrons. The molecular weight excluding hydrogens is 354 g/mol. The highest BCUT2D eigenvalue weighted by atomic mass is 127. The largest absolute Gasteiger partial charge is 0.344 e. The molecule has 0 bridgehead atoms. The zero-order valence-corrected chi connectivity index (χ0v) is 10.1. The predicted molar refractivity (Wildman–Crippen MR) is 58.7 cm³/mol. The van der Waals surface area contributed by atoms with Crippen molar-refractivity contribution in [3.05, 3.63) is 17.7 Å². The summed E-state index contributed by atoms with van der Waals surface area (Å²) in [5.74, 6) is 1.03. The van der Waals surface area contributed by atoms with E-state index in [9.17, 15) is 0 Å². The van der Waals surface area contributed by atoms with Gasteiger partial charge in [-0.15, -0.1) is 0 Å². The summed E-state index contributed by atoms with van der Waals surface area (Å²) in [5.41, 5.74) is 1.12. The average molecular weight is 362 g/mol. The third kappa shape index (κ3) is 2.08. The van der Waals surface area contributed by atoms with Crippen molar-refractivity contribution < 1.29 is 0 Å². The summed E-state index contributed by atoms with van der Waals surface area (Å²) in [7, 11) is 0. The molecule has 0 aromatic carbocycles. The summed E-state index contributed by atoms with van der Waals surface area (Å²) in [6, 6.07) is 0. The first-order chi connectivity index (χ1) is 4.50. The SMILES string of the molecule is Cc1cnc(C(C)(I)I)[nH]1. The van der Waals surface area contributed by atoms with Gasteiger partial charge in [-0.05, 0) is 13.8 Å². The fraction of sp³-hybridized carbons (Fsp3) is 0.500. The molecule has 0 fully saturated rings. The van der Waals surface area contributed by atoms with Crippen molar-refractivity contribution >= 4 is 45.2 Å². The Labute approximate surface area is 87.5 Å². The van der Waals surface area contributed by atoms with Crippen LogP contribution in [0.2, 0.25) is 0 Å². The zero-order chi connectivity index (χ0) is 7.78. The molecule has 10 heavy (non-hydrogen) atoms. The molecule has 0 amide bonds. The first-order valence-corrected chi connectivity index (χ1v) is 5.06. The highest BCUT2D eigenvalue weighted by Crippen LogP contribution is 2.36. The number of hydrogen-bond acceptors (Lipinski definition) is 1. The fourth-order valence-electron chi connectivity index (χ4n) is 0.636. The second-order valence-corrected chi connectivity index (χ2v) is 8.68. The molecule has 56 valence electrons. The minimum absolute atomic E-state index is 0.0871. The van der Waals surface area contributed by atoms with Gasteiger partial charge in [-0.1, -0.05) is 45.2 Å². The summed E-state index contributed by atoms with van der Waals surface area (Å²) in [6.45, 7) is 4.13. The molecule has 0 spiro atoms. The third-order valence-corrected chi connectivity index (χ3v) is 2.14. The number of alkyl halides is 2. The monoisotopic (exact) mass is 362 g/mol. The van der Waals surface area contributed by atoms with E-state index < -0.39 is 0 Å². The van der Waals surface area contributed by atoms with E-state index in [0.29, 0.717) is 0 Å². The van der Waals surface area contributed by atoms with Crippen LogP contribution in [-0.4, -0.2) is 9.97 Å². The summed E-state index contributed by atoms with van der Waals surface area (Å²) >= 11 is 4.70. The van der Waals surface area contributed by atoms with E-state index in [-0.39, 0.29) is 1.43 Å². The number of rotatable bonds is 1. The van der Waals surface area contributed by atoms with Crippen molar-refractivity contribution in [3.63, 3.8) is 0 Å². The number of halogens is 2. The Balaban J connectivity index is 2.96. The standard InChI is InChI=1S/C6H8I2N2/c1-4-3-9-5(10-4)6(2,7)8/h3H,1-2H3,(H,9,10). The van der Waals surface area contributed by atoms with Crippen LogP contribution < -0.4 is 0 Å². The van der Waals surface area contributed by atoms with Crippen LogP contribution >= 0.6 is 45.2 Å². The topological polar surface area (TPSA) is 28.7 Å². The molecule has 0 saturated carbocycles. The number of hydrogen-bond donors (Lipinski definition) is 1. The highest BCUT2D eigenvalue weighted by Gasteiger charge is 2.20. The first kappa shape index (κ1) is 8.76. The van der Waals surface area contributed by atoms with Crippen LogP contribution in [0.3, 0.4) is 0 Å². The third-order valence-electron chi connectivity index (χ3n) is 1.12. The van der Waals surface area contributed by atoms with Crippen LogP contribution in [0.4, 0.5) is 0 Å². The number of aryl methyl sites for hydroxylation is 1. The lowest BCUT2D eigenvalue weighted by Gasteiger charge is -2.09. The summed E-state index contributed by atoms with van der Waals surface area (Å²) in [6.07, 6.45) is 1.85. The van der Waals surface area contributed by atoms with E-state index in [1.807, 2.05) is 13.1 Å². The Morgan fingerprint density at radius 3 is 2.40 bits per heavy atom. The molecule has 0 aliphatic heterocycles. The Bertz CT molecular complexity index is 224. The van der Waals surface area contributed by atoms with Crippen LogP contribution in [0.5, 0.6) is 0 Å². The quantitative estimate of drug-likeness (QED) is 0.604. The van der Waals surface area contributed by atoms with Gasteiger partial charge in [0.05, 0.1) is 0 Å². The van der Waals surface area contributed by atoms with Gasteiger partial charge in [0.1, 0.15) is 7.25 Å². The lowest BCUT2D eigenvalue weighted by atomic mass is 10.5. The molecule has 0 atom stereocenters. The molecule has 1 aromatic heterocycles. The molecule has 1 heterocycles. The van der Waals surface area contributed by atoms with E-state index in [1.54, 1.807) is 0 Å². The van der Waals surface area contributed by atoms with Crippen molar-refractivity contribution in [1.29, 1.82) is 0 Å². The lowest BCUT2D eigenvalue weighted by Crippen LogP contribution is -2.03. The van der Waals surface area contributed by atoms with Gasteiger partial charge in [-0.3, -0.25) is 0 Å². The number of nitrogens with one attached hydrogen (secondary N) is 1. The van der Waals surface area contributed by atoms with Crippen LogP contribution in [0, 0.1) is 6.92 Å². The summed E-state index contributed by atoms with van der Waals surface area (Å²) < 4.78 is 0.0871. The maximum absolute atomic E-state index is 4.22. The molecular formula is C6H8I2N2. The van der Waals surface area contributed by atoms with Crippen LogP contribution in [0.25, 0.3) is 0 Å². The molecule has 2 nitrogen and oxygen atoms in total. The molecule has 0 unspecified atom stereocenters. The molecule has 1 aromatic rings. The first-order valence-electron chi connectivity index (χ1n) is 2.90. The van der Waals surface area contributed by atoms with E-state index in [4.69, 9.17) is 0 Å². The highest BCUT2D eigenvalue weighted by molar-refractivity contribution is 14.2. The van der Waals surface area contributed by atoms with Gasteiger partial charge < -0.3 is 4.98 Å². The normalized spacial score (nSPS) is 12.0. The average Bonchev–Trinajstić information content (AvgIpc) is 2.11. The zero-order valence-electron chi connectivity index (χ0n) is 5.78. The Hall–Kier alpha value is 0.670. The van der Waals surface area contributed by atoms with Gasteiger partial charge >= 0.3 is 0 Å². The number of H-pyrrole nitrogens is 1. The lowest BCUT2D eigenvalue weighted by molar-refractivity contribution is 0.961. The van der Waals surface area contributed by atoms with Crippen molar-refractivity contribution in [2.24, 2.45) is 0 Å². The number of aromatic nitrogens is 2. The smallest absolute Gasteiger partial charge is 0.132 e. The molecule has 0 aliphatic carbocycles. The van der Waals surface area contributed by atoms with E-state index in [0.717, 1.165) is 11.5 Å². The molecule has 0 saturated heterocycles. The van der Waals surface area contributed by atoms with Crippen molar-refractivity contribution in [2.45, 2.75) is 15.3 Å². The van der Waals surface area contributed by atoms with Gasteiger partial charge in [-0.25, -0.2) is 4.98 Å². The van der Waals surface area contributed by atoms with Gasteiger partial charge in [0, 0.05) is 11.9 Å². The van der Waals surface area contributed by atoms with Gasteiger partial charge in [0.2, 0.25) is 0 Å². The molecule has 0 aliphatic rings. The van der Waals surface area contributed by atoms with E-state index in [1.165, 1.54) is 0 Å². The molecule has 1 N–H and O–H groups in total. The summed E-state index contributed by atoms with van der Waals surface area (Å²) in [5, 5.41) is 0. The minimum Gasteiger partial charge on any atom is -0.344 e. The Kier molecular flexibility index (Phi) is 2.59. The maximum atomic E-state index is 4.22. The van der Waals surface area contributed by atoms with Gasteiger partial charge in [0.15, 0.2) is 0 Å². The molecule has 1 rings (SSSR count). The number of aromatic amines is 1. The van der Waals surface area contributed by atoms with Crippen molar-refractivity contribution in [1.82, 2.24) is 9.97 Å². The van der Waals surface area contributed by atoms with Crippen LogP contribution in [0.1, 0.15) is 18.4 Å². The Morgan fingerprint density at radius 1 is 1.60 bits per heavy atom. The van der Waals surface area contributed by atoms with Crippen LogP contribution in [0.15, 0.2) is 6.20 Å². The van der Waals surface area contributed by atoms with Crippen molar-refractivity contribution in [3.8, 4) is 0 Å². The van der Waals surface area contributed by atoms with E-state index in [2.05, 4.69) is 62.1 Å². The fourth-order valence-corrected chi connectivity index (χ4v) is 1.18. The summed E-state index contributed by atoms with van der Waals surface area (Å²) in [4.78, 5) is 7.41. The number of nitrogens with zero attached hydrogens (tertiary/aromatic N) is 1. The Morgan fingerprint density at radius 2 is 2.20 bits per heavy atom. The maximum Gasteiger partial charge on any atom is 0.132 e. The predicted octanol–water partition coefficient (Wildman–Crippen LogP) is 2.76. The second kappa shape index (κ2) is 2.96. The minimum atomic E-state index is 0.0871. The molecule has 4 heteroatoms.